The molecule has 0 fully saturated rings. The highest BCUT2D eigenvalue weighted by atomic mass is 15.0. The first kappa shape index (κ1) is 44.0. The summed E-state index contributed by atoms with van der Waals surface area (Å²) in [5.74, 6) is 0. The summed E-state index contributed by atoms with van der Waals surface area (Å²) in [4.78, 5) is 0. The standard InChI is InChI=1S/C74H52N2/c1-45-47(3)75(69-37-35-57(59-27-15-17-29-61(59)69)55-33-31-49-19-11-13-25-53(49)39-55)71-43-67-65(41-63(45)71)73(51-21-7-5-8-22-51)68-44-72-64(42-66(68)74(67)52-23-9-6-10-24-52)46(2)48(4)76(72)70-38-36-58(60-28-16-18-30-62(60)70)56-34-32-50-20-12-14-26-54(50)40-56/h5-44H,1-4H3. The Morgan fingerprint density at radius 2 is 0.592 bits per heavy atom. The molecule has 0 spiro atoms. The molecule has 15 aromatic rings. The van der Waals surface area contributed by atoms with E-state index in [4.69, 9.17) is 0 Å². The molecule has 15 rings (SSSR count). The Balaban J connectivity index is 1.01. The van der Waals surface area contributed by atoms with Crippen LogP contribution >= 0.6 is 0 Å². The van der Waals surface area contributed by atoms with Gasteiger partial charge in [0.15, 0.2) is 0 Å². The Kier molecular flexibility index (Phi) is 9.86. The topological polar surface area (TPSA) is 9.86 Å². The second kappa shape index (κ2) is 17.0. The maximum absolute atomic E-state index is 2.53. The van der Waals surface area contributed by atoms with E-state index in [0.717, 1.165) is 0 Å². The summed E-state index contributed by atoms with van der Waals surface area (Å²) < 4.78 is 5.06. The number of hydrogen-bond donors (Lipinski definition) is 0. The molecule has 0 saturated carbocycles. The first-order valence-electron chi connectivity index (χ1n) is 26.6. The van der Waals surface area contributed by atoms with Crippen LogP contribution < -0.4 is 0 Å². The lowest BCUT2D eigenvalue weighted by Crippen LogP contribution is -2.00. The molecule has 0 aliphatic carbocycles. The molecular formula is C74H52N2. The molecule has 0 unspecified atom stereocenters. The van der Waals surface area contributed by atoms with Crippen molar-refractivity contribution in [2.45, 2.75) is 27.7 Å². The lowest BCUT2D eigenvalue weighted by atomic mass is 9.84. The van der Waals surface area contributed by atoms with Gasteiger partial charge in [-0.25, -0.2) is 0 Å². The van der Waals surface area contributed by atoms with E-state index in [-0.39, 0.29) is 0 Å². The van der Waals surface area contributed by atoms with Gasteiger partial charge in [0.05, 0.1) is 22.4 Å². The van der Waals surface area contributed by atoms with Crippen molar-refractivity contribution in [3.8, 4) is 55.9 Å². The summed E-state index contributed by atoms with van der Waals surface area (Å²) in [6.45, 7) is 9.22. The maximum atomic E-state index is 2.53. The van der Waals surface area contributed by atoms with Gasteiger partial charge >= 0.3 is 0 Å². The van der Waals surface area contributed by atoms with E-state index in [9.17, 15) is 0 Å². The Morgan fingerprint density at radius 1 is 0.237 bits per heavy atom. The normalized spacial score (nSPS) is 11.9. The van der Waals surface area contributed by atoms with E-state index >= 15 is 0 Å². The van der Waals surface area contributed by atoms with Crippen molar-refractivity contribution in [3.05, 3.63) is 265 Å². The van der Waals surface area contributed by atoms with Gasteiger partial charge in [0.2, 0.25) is 0 Å². The van der Waals surface area contributed by atoms with Gasteiger partial charge in [-0.05, 0) is 186 Å². The highest BCUT2D eigenvalue weighted by Crippen LogP contribution is 2.49. The molecule has 2 aromatic heterocycles. The number of benzene rings is 13. The highest BCUT2D eigenvalue weighted by Gasteiger charge is 2.25. The second-order valence-electron chi connectivity index (χ2n) is 20.9. The van der Waals surface area contributed by atoms with Crippen molar-refractivity contribution in [2.75, 3.05) is 0 Å². The maximum Gasteiger partial charge on any atom is 0.0540 e. The molecule has 0 saturated heterocycles. The van der Waals surface area contributed by atoms with Gasteiger partial charge in [-0.15, -0.1) is 0 Å². The number of hydrogen-bond acceptors (Lipinski definition) is 0. The molecule has 0 bridgehead atoms. The predicted molar refractivity (Wildman–Crippen MR) is 326 cm³/mol. The summed E-state index contributed by atoms with van der Waals surface area (Å²) in [6.07, 6.45) is 0. The summed E-state index contributed by atoms with van der Waals surface area (Å²) in [5, 5.41) is 17.5. The minimum absolute atomic E-state index is 1.19. The molecule has 0 N–H and O–H groups in total. The average Bonchev–Trinajstić information content (AvgIpc) is 3.87. The van der Waals surface area contributed by atoms with Crippen LogP contribution in [0.1, 0.15) is 22.5 Å². The SMILES string of the molecule is Cc1c(C)n(-c2ccc(-c3ccc4ccccc4c3)c3ccccc23)c2cc3c(-c4ccccc4)c4cc5c(C)c(C)n(-c6ccc(-c7ccc8ccccc8c7)c7ccccc67)c5cc4c(-c4ccccc4)c3cc12. The first-order chi connectivity index (χ1) is 37.4. The molecule has 0 radical (unpaired) electrons. The number of fused-ring (bicyclic) bond motifs is 8. The average molecular weight is 969 g/mol. The molecule has 2 heteroatoms. The number of nitrogens with zero attached hydrogens (tertiary/aromatic N) is 2. The van der Waals surface area contributed by atoms with E-state index in [1.807, 2.05) is 0 Å². The molecule has 76 heavy (non-hydrogen) atoms. The molecule has 2 nitrogen and oxygen atoms in total. The van der Waals surface area contributed by atoms with Crippen LogP contribution in [0.2, 0.25) is 0 Å². The van der Waals surface area contributed by atoms with E-state index < -0.39 is 0 Å². The second-order valence-corrected chi connectivity index (χ2v) is 20.9. The van der Waals surface area contributed by atoms with Gasteiger partial charge in [-0.1, -0.05) is 194 Å². The van der Waals surface area contributed by atoms with E-state index in [1.165, 1.54) is 165 Å². The van der Waals surface area contributed by atoms with E-state index in [1.54, 1.807) is 0 Å². The van der Waals surface area contributed by atoms with Crippen molar-refractivity contribution in [1.29, 1.82) is 0 Å². The third kappa shape index (κ3) is 6.60. The predicted octanol–water partition coefficient (Wildman–Crippen LogP) is 20.4. The first-order valence-corrected chi connectivity index (χ1v) is 26.6. The fourth-order valence-electron chi connectivity index (χ4n) is 13.0. The third-order valence-electron chi connectivity index (χ3n) is 16.9. The molecular weight excluding hydrogens is 917 g/mol. The number of rotatable bonds is 6. The van der Waals surface area contributed by atoms with Gasteiger partial charge in [0.25, 0.3) is 0 Å². The number of aryl methyl sites for hydroxylation is 2. The van der Waals surface area contributed by atoms with Crippen LogP contribution in [0.15, 0.2) is 243 Å². The Morgan fingerprint density at radius 3 is 1.01 bits per heavy atom. The molecule has 0 atom stereocenters. The summed E-state index contributed by atoms with van der Waals surface area (Å²) in [6, 6.07) is 90.6. The Bertz CT molecular complexity index is 4580. The van der Waals surface area contributed by atoms with E-state index in [2.05, 4.69) is 279 Å². The lowest BCUT2D eigenvalue weighted by Gasteiger charge is -2.20. The lowest BCUT2D eigenvalue weighted by molar-refractivity contribution is 1.05. The number of aromatic nitrogens is 2. The quantitative estimate of drug-likeness (QED) is 0.147. The minimum atomic E-state index is 1.19. The van der Waals surface area contributed by atoms with Crippen molar-refractivity contribution < 1.29 is 0 Å². The summed E-state index contributed by atoms with van der Waals surface area (Å²) in [7, 11) is 0. The van der Waals surface area contributed by atoms with Crippen molar-refractivity contribution in [2.24, 2.45) is 0 Å². The largest absolute Gasteiger partial charge is 0.313 e. The van der Waals surface area contributed by atoms with Crippen molar-refractivity contribution >= 4 is 86.4 Å². The van der Waals surface area contributed by atoms with Crippen LogP contribution in [0.3, 0.4) is 0 Å². The monoisotopic (exact) mass is 968 g/mol. The van der Waals surface area contributed by atoms with Crippen LogP contribution in [0.5, 0.6) is 0 Å². The van der Waals surface area contributed by atoms with Gasteiger partial charge in [0.1, 0.15) is 0 Å². The van der Waals surface area contributed by atoms with Crippen LogP contribution in [0, 0.1) is 27.7 Å². The smallest absolute Gasteiger partial charge is 0.0540 e. The minimum Gasteiger partial charge on any atom is -0.313 e. The van der Waals surface area contributed by atoms with Gasteiger partial charge in [-0.2, -0.15) is 0 Å². The molecule has 13 aromatic carbocycles. The van der Waals surface area contributed by atoms with Crippen LogP contribution in [0.25, 0.3) is 142 Å². The van der Waals surface area contributed by atoms with E-state index in [0.29, 0.717) is 0 Å². The summed E-state index contributed by atoms with van der Waals surface area (Å²) >= 11 is 0. The zero-order valence-electron chi connectivity index (χ0n) is 43.0. The molecule has 358 valence electrons. The Hall–Kier alpha value is -9.50. The van der Waals surface area contributed by atoms with Crippen molar-refractivity contribution in [3.63, 3.8) is 0 Å². The molecule has 0 aliphatic heterocycles. The molecule has 0 amide bonds. The zero-order chi connectivity index (χ0) is 50.8. The highest BCUT2D eigenvalue weighted by molar-refractivity contribution is 6.26. The third-order valence-corrected chi connectivity index (χ3v) is 16.9. The fraction of sp³-hybridized carbons (Fsp3) is 0.0541. The van der Waals surface area contributed by atoms with Gasteiger partial charge < -0.3 is 9.13 Å². The molecule has 0 aliphatic rings. The van der Waals surface area contributed by atoms with Crippen LogP contribution in [-0.4, -0.2) is 9.13 Å². The Labute approximate surface area is 442 Å². The van der Waals surface area contributed by atoms with Crippen LogP contribution in [-0.2, 0) is 0 Å². The fourth-order valence-corrected chi connectivity index (χ4v) is 13.0. The van der Waals surface area contributed by atoms with Crippen molar-refractivity contribution in [1.82, 2.24) is 9.13 Å². The summed E-state index contributed by atoms with van der Waals surface area (Å²) in [5.41, 5.74) is 19.7. The van der Waals surface area contributed by atoms with Gasteiger partial charge in [-0.3, -0.25) is 0 Å². The van der Waals surface area contributed by atoms with Crippen LogP contribution in [0.4, 0.5) is 0 Å². The molecule has 2 heterocycles. The zero-order valence-corrected chi connectivity index (χ0v) is 43.0. The van der Waals surface area contributed by atoms with Gasteiger partial charge in [0, 0.05) is 32.9 Å².